The molecule has 0 bridgehead atoms. The number of benzene rings is 1. The highest BCUT2D eigenvalue weighted by atomic mass is 35.5. The number of fused-ring (bicyclic) bond motifs is 4. The van der Waals surface area contributed by atoms with Gasteiger partial charge < -0.3 is 14.5 Å². The van der Waals surface area contributed by atoms with Gasteiger partial charge in [0.25, 0.3) is 5.91 Å². The zero-order valence-corrected chi connectivity index (χ0v) is 26.3. The molecule has 1 aromatic carbocycles. The van der Waals surface area contributed by atoms with Crippen LogP contribution in [0, 0.1) is 11.3 Å². The Balaban J connectivity index is 1.25. The second-order valence-electron chi connectivity index (χ2n) is 13.3. The molecule has 3 saturated heterocycles. The maximum atomic E-state index is 14.5. The normalized spacial score (nSPS) is 29.4. The van der Waals surface area contributed by atoms with Gasteiger partial charge in [0.15, 0.2) is 5.83 Å². The number of nitrogens with zero attached hydrogens (tertiary/aromatic N) is 7. The summed E-state index contributed by atoms with van der Waals surface area (Å²) in [6.07, 6.45) is 3.95. The van der Waals surface area contributed by atoms with Crippen molar-refractivity contribution in [2.24, 2.45) is 0 Å². The molecule has 0 unspecified atom stereocenters. The molecule has 9 nitrogen and oxygen atoms in total. The molecule has 3 fully saturated rings. The van der Waals surface area contributed by atoms with Crippen LogP contribution in [-0.4, -0.2) is 94.7 Å². The quantitative estimate of drug-likeness (QED) is 0.433. The summed E-state index contributed by atoms with van der Waals surface area (Å²) in [6, 6.07) is 7.99. The lowest BCUT2D eigenvalue weighted by molar-refractivity contribution is -0.131. The van der Waals surface area contributed by atoms with E-state index in [4.69, 9.17) is 26.3 Å². The lowest BCUT2D eigenvalue weighted by Crippen LogP contribution is -2.56. The van der Waals surface area contributed by atoms with Crippen molar-refractivity contribution in [3.8, 4) is 12.1 Å². The fraction of sp³-hybridized carbons (Fsp3) is 0.576. The number of hydrogen-bond donors (Lipinski definition) is 0. The van der Waals surface area contributed by atoms with E-state index in [0.29, 0.717) is 51.4 Å². The van der Waals surface area contributed by atoms with Crippen molar-refractivity contribution in [1.82, 2.24) is 24.7 Å². The molecule has 0 N–H and O–H groups in total. The lowest BCUT2D eigenvalue weighted by Gasteiger charge is -2.46. The summed E-state index contributed by atoms with van der Waals surface area (Å²) in [7, 11) is 2.12. The first kappa shape index (κ1) is 30.3. The molecule has 0 saturated carbocycles. The first-order valence-electron chi connectivity index (χ1n) is 15.8. The summed E-state index contributed by atoms with van der Waals surface area (Å²) >= 11 is 6.64. The lowest BCUT2D eigenvalue weighted by atomic mass is 9.81. The van der Waals surface area contributed by atoms with Gasteiger partial charge in [-0.2, -0.15) is 15.2 Å². The Hall–Kier alpha value is -3.33. The van der Waals surface area contributed by atoms with Crippen molar-refractivity contribution in [3.63, 3.8) is 0 Å². The van der Waals surface area contributed by atoms with E-state index < -0.39 is 23.9 Å². The van der Waals surface area contributed by atoms with Gasteiger partial charge in [0.05, 0.1) is 35.3 Å². The third kappa shape index (κ3) is 5.06. The number of hydrogen-bond acceptors (Lipinski definition) is 8. The average molecular weight is 638 g/mol. The summed E-state index contributed by atoms with van der Waals surface area (Å²) in [4.78, 5) is 30.6. The van der Waals surface area contributed by atoms with E-state index in [1.807, 2.05) is 12.1 Å². The smallest absolute Gasteiger partial charge is 0.318 e. The summed E-state index contributed by atoms with van der Waals surface area (Å²) in [6.45, 7) is 6.32. The molecule has 12 heteroatoms. The minimum absolute atomic E-state index is 0.0511. The molecule has 45 heavy (non-hydrogen) atoms. The predicted molar refractivity (Wildman–Crippen MR) is 165 cm³/mol. The number of rotatable bonds is 6. The van der Waals surface area contributed by atoms with Gasteiger partial charge in [0.1, 0.15) is 18.6 Å². The van der Waals surface area contributed by atoms with E-state index in [0.717, 1.165) is 48.5 Å². The second kappa shape index (κ2) is 11.5. The van der Waals surface area contributed by atoms with Crippen molar-refractivity contribution in [3.05, 3.63) is 58.0 Å². The molecule has 0 radical (unpaired) electrons. The van der Waals surface area contributed by atoms with Crippen LogP contribution in [-0.2, 0) is 29.7 Å². The third-order valence-electron chi connectivity index (χ3n) is 10.9. The Morgan fingerprint density at radius 1 is 1.22 bits per heavy atom. The Morgan fingerprint density at radius 3 is 2.87 bits per heavy atom. The zero-order valence-electron chi connectivity index (χ0n) is 25.6. The highest BCUT2D eigenvalue weighted by Crippen LogP contribution is 2.50. The average Bonchev–Trinajstić information content (AvgIpc) is 3.67. The number of halogens is 3. The SMILES string of the molecule is C=C(F)C(=O)N1CCN(c2nc(OC[C@@]34CCCN3C[C@H](F)C4)nc3c2CN(C)[C@]2(CCc4c(Cl)cccc42)C3)C[C@@H]1CC#N. The van der Waals surface area contributed by atoms with E-state index in [-0.39, 0.29) is 30.1 Å². The molecule has 1 aliphatic carbocycles. The number of carbonyl (C=O) groups excluding carboxylic acids is 1. The number of alkyl halides is 1. The van der Waals surface area contributed by atoms with Crippen molar-refractivity contribution < 1.29 is 18.3 Å². The molecular weight excluding hydrogens is 600 g/mol. The fourth-order valence-electron chi connectivity index (χ4n) is 8.62. The summed E-state index contributed by atoms with van der Waals surface area (Å²) < 4.78 is 34.8. The Morgan fingerprint density at radius 2 is 2.07 bits per heavy atom. The molecule has 2 aromatic rings. The zero-order chi connectivity index (χ0) is 31.5. The molecule has 4 aliphatic heterocycles. The van der Waals surface area contributed by atoms with Crippen molar-refractivity contribution in [2.75, 3.05) is 51.3 Å². The highest BCUT2D eigenvalue weighted by molar-refractivity contribution is 6.31. The molecule has 5 heterocycles. The Bertz CT molecular complexity index is 1580. The van der Waals surface area contributed by atoms with Crippen LogP contribution < -0.4 is 9.64 Å². The van der Waals surface area contributed by atoms with Gasteiger partial charge in [0, 0.05) is 56.2 Å². The van der Waals surface area contributed by atoms with Crippen LogP contribution in [0.15, 0.2) is 30.6 Å². The molecule has 1 amide bonds. The van der Waals surface area contributed by atoms with Gasteiger partial charge in [-0.15, -0.1) is 0 Å². The van der Waals surface area contributed by atoms with Gasteiger partial charge in [0.2, 0.25) is 0 Å². The molecule has 4 atom stereocenters. The van der Waals surface area contributed by atoms with Crippen LogP contribution in [0.3, 0.4) is 0 Å². The molecule has 238 valence electrons. The monoisotopic (exact) mass is 637 g/mol. The van der Waals surface area contributed by atoms with Crippen LogP contribution in [0.25, 0.3) is 0 Å². The minimum atomic E-state index is -1.03. The fourth-order valence-corrected chi connectivity index (χ4v) is 8.89. The van der Waals surface area contributed by atoms with Gasteiger partial charge >= 0.3 is 6.01 Å². The molecule has 1 aromatic heterocycles. The van der Waals surface area contributed by atoms with Crippen LogP contribution in [0.2, 0.25) is 5.02 Å². The standard InChI is InChI=1S/C33H38ClF2N7O2/c1-21(35)30(44)43-14-13-41(18-23(43)8-11-37)29-25-19-40(2)33(10-7-24-26(33)5-3-6-27(24)34)16-28(25)38-31(39-29)45-20-32-9-4-12-42(32)17-22(36)15-32/h3,5-6,22-23H,1,4,7-10,12-20H2,2H3/t22-,23+,32+,33-/m1/s1. The second-order valence-corrected chi connectivity index (χ2v) is 13.7. The summed E-state index contributed by atoms with van der Waals surface area (Å²) in [5, 5.41) is 10.3. The predicted octanol–water partition coefficient (Wildman–Crippen LogP) is 4.33. The topological polar surface area (TPSA) is 88.8 Å². The van der Waals surface area contributed by atoms with E-state index in [2.05, 4.69) is 40.5 Å². The van der Waals surface area contributed by atoms with Crippen LogP contribution in [0.5, 0.6) is 6.01 Å². The first-order valence-corrected chi connectivity index (χ1v) is 16.2. The number of likely N-dealkylation sites (N-methyl/N-ethyl adjacent to an activating group) is 1. The number of piperazine rings is 1. The highest BCUT2D eigenvalue weighted by Gasteiger charge is 2.50. The number of nitriles is 1. The third-order valence-corrected chi connectivity index (χ3v) is 11.2. The van der Waals surface area contributed by atoms with E-state index >= 15 is 0 Å². The van der Waals surface area contributed by atoms with E-state index in [1.54, 1.807) is 0 Å². The first-order chi connectivity index (χ1) is 21.6. The molecule has 1 spiro atoms. The number of anilines is 1. The largest absolute Gasteiger partial charge is 0.461 e. The van der Waals surface area contributed by atoms with Crippen LogP contribution >= 0.6 is 11.6 Å². The number of aromatic nitrogens is 2. The van der Waals surface area contributed by atoms with Gasteiger partial charge in [-0.05, 0) is 56.5 Å². The van der Waals surface area contributed by atoms with Crippen molar-refractivity contribution >= 4 is 23.3 Å². The van der Waals surface area contributed by atoms with Gasteiger partial charge in [-0.3, -0.25) is 14.6 Å². The van der Waals surface area contributed by atoms with Crippen LogP contribution in [0.1, 0.15) is 54.5 Å². The van der Waals surface area contributed by atoms with Gasteiger partial charge in [-0.1, -0.05) is 30.3 Å². The Labute approximate surface area is 267 Å². The number of ether oxygens (including phenoxy) is 1. The van der Waals surface area contributed by atoms with Crippen molar-refractivity contribution in [2.45, 2.75) is 74.8 Å². The minimum Gasteiger partial charge on any atom is -0.461 e. The maximum absolute atomic E-state index is 14.5. The van der Waals surface area contributed by atoms with Gasteiger partial charge in [-0.25, -0.2) is 8.78 Å². The van der Waals surface area contributed by atoms with E-state index in [9.17, 15) is 18.8 Å². The number of carbonyl (C=O) groups is 1. The molecule has 7 rings (SSSR count). The number of amides is 1. The van der Waals surface area contributed by atoms with Crippen molar-refractivity contribution in [1.29, 1.82) is 5.26 Å². The summed E-state index contributed by atoms with van der Waals surface area (Å²) in [5.74, 6) is -1.12. The van der Waals surface area contributed by atoms with Crippen LogP contribution in [0.4, 0.5) is 14.6 Å². The summed E-state index contributed by atoms with van der Waals surface area (Å²) in [5.41, 5.74) is 3.64. The molecular formula is C33H38ClF2N7O2. The maximum Gasteiger partial charge on any atom is 0.318 e. The van der Waals surface area contributed by atoms with E-state index in [1.165, 1.54) is 16.0 Å². The Kier molecular flexibility index (Phi) is 7.74. The molecule has 5 aliphatic rings.